The van der Waals surface area contributed by atoms with Gasteiger partial charge in [-0.15, -0.1) is 0 Å². The Morgan fingerprint density at radius 2 is 1.90 bits per heavy atom. The summed E-state index contributed by atoms with van der Waals surface area (Å²) in [5, 5.41) is 3.58. The third kappa shape index (κ3) is 3.79. The average molecular weight is 288 g/mol. The minimum Gasteiger partial charge on any atom is -0.371 e. The van der Waals surface area contributed by atoms with Gasteiger partial charge in [-0.25, -0.2) is 0 Å². The largest absolute Gasteiger partial charge is 0.371 e. The van der Waals surface area contributed by atoms with E-state index in [0.717, 1.165) is 24.3 Å². The number of para-hydroxylation sites is 1. The molecular formula is C19H32N2. The Morgan fingerprint density at radius 1 is 1.19 bits per heavy atom. The molecule has 2 nitrogen and oxygen atoms in total. The molecule has 21 heavy (non-hydrogen) atoms. The molecule has 0 aromatic heterocycles. The molecule has 0 bridgehead atoms. The summed E-state index contributed by atoms with van der Waals surface area (Å²) in [7, 11) is 2.13. The number of anilines is 1. The Kier molecular flexibility index (Phi) is 5.69. The SMILES string of the molecule is CCN(CC1C(C)CC(C)CC1NC)c1ccccc1C. The smallest absolute Gasteiger partial charge is 0.0395 e. The fourth-order valence-corrected chi connectivity index (χ4v) is 4.12. The van der Waals surface area contributed by atoms with Crippen molar-refractivity contribution in [1.29, 1.82) is 0 Å². The highest BCUT2D eigenvalue weighted by Gasteiger charge is 2.34. The van der Waals surface area contributed by atoms with Crippen LogP contribution in [-0.4, -0.2) is 26.2 Å². The third-order valence-electron chi connectivity index (χ3n) is 5.32. The van der Waals surface area contributed by atoms with Crippen molar-refractivity contribution in [2.24, 2.45) is 17.8 Å². The van der Waals surface area contributed by atoms with Crippen LogP contribution < -0.4 is 10.2 Å². The standard InChI is InChI=1S/C19H32N2/c1-6-21(19-10-8-7-9-15(19)3)13-17-16(4)11-14(2)12-18(17)20-5/h7-10,14,16-18,20H,6,11-13H2,1-5H3. The number of benzene rings is 1. The normalized spacial score (nSPS) is 29.4. The van der Waals surface area contributed by atoms with Crippen LogP contribution in [0, 0.1) is 24.7 Å². The summed E-state index contributed by atoms with van der Waals surface area (Å²) >= 11 is 0. The lowest BCUT2D eigenvalue weighted by molar-refractivity contribution is 0.158. The monoisotopic (exact) mass is 288 g/mol. The van der Waals surface area contributed by atoms with Gasteiger partial charge in [0.1, 0.15) is 0 Å². The summed E-state index contributed by atoms with van der Waals surface area (Å²) in [4.78, 5) is 2.57. The molecule has 0 heterocycles. The van der Waals surface area contributed by atoms with Gasteiger partial charge in [-0.3, -0.25) is 0 Å². The van der Waals surface area contributed by atoms with E-state index < -0.39 is 0 Å². The van der Waals surface area contributed by atoms with Gasteiger partial charge < -0.3 is 10.2 Å². The van der Waals surface area contributed by atoms with E-state index >= 15 is 0 Å². The van der Waals surface area contributed by atoms with Crippen molar-refractivity contribution in [1.82, 2.24) is 5.32 Å². The lowest BCUT2D eigenvalue weighted by Crippen LogP contribution is -2.48. The van der Waals surface area contributed by atoms with Crippen molar-refractivity contribution in [2.45, 2.75) is 46.6 Å². The van der Waals surface area contributed by atoms with Gasteiger partial charge in [-0.05, 0) is 63.1 Å². The van der Waals surface area contributed by atoms with Gasteiger partial charge in [0.25, 0.3) is 0 Å². The zero-order chi connectivity index (χ0) is 15.4. The molecule has 0 amide bonds. The molecule has 0 aliphatic heterocycles. The Morgan fingerprint density at radius 3 is 2.52 bits per heavy atom. The predicted octanol–water partition coefficient (Wildman–Crippen LogP) is 4.09. The molecule has 0 radical (unpaired) electrons. The first-order chi connectivity index (χ1) is 10.1. The summed E-state index contributed by atoms with van der Waals surface area (Å²) in [6, 6.07) is 9.44. The van der Waals surface area contributed by atoms with E-state index in [2.05, 4.69) is 69.2 Å². The van der Waals surface area contributed by atoms with E-state index in [-0.39, 0.29) is 0 Å². The first-order valence-corrected chi connectivity index (χ1v) is 8.54. The van der Waals surface area contributed by atoms with Crippen LogP contribution in [0.3, 0.4) is 0 Å². The molecule has 1 aromatic rings. The topological polar surface area (TPSA) is 15.3 Å². The van der Waals surface area contributed by atoms with Crippen LogP contribution in [0.2, 0.25) is 0 Å². The zero-order valence-corrected chi connectivity index (χ0v) is 14.4. The van der Waals surface area contributed by atoms with E-state index in [1.54, 1.807) is 0 Å². The Balaban J connectivity index is 2.15. The summed E-state index contributed by atoms with van der Waals surface area (Å²) in [6.07, 6.45) is 2.69. The van der Waals surface area contributed by atoms with Gasteiger partial charge in [0.15, 0.2) is 0 Å². The molecule has 0 spiro atoms. The molecule has 4 atom stereocenters. The maximum atomic E-state index is 3.58. The van der Waals surface area contributed by atoms with Gasteiger partial charge in [0.2, 0.25) is 0 Å². The number of hydrogen-bond acceptors (Lipinski definition) is 2. The van der Waals surface area contributed by atoms with Crippen LogP contribution >= 0.6 is 0 Å². The van der Waals surface area contributed by atoms with Crippen molar-refractivity contribution >= 4 is 5.69 Å². The Hall–Kier alpha value is -1.02. The number of nitrogens with one attached hydrogen (secondary N) is 1. The van der Waals surface area contributed by atoms with Crippen LogP contribution in [0.5, 0.6) is 0 Å². The van der Waals surface area contributed by atoms with Crippen LogP contribution in [0.15, 0.2) is 24.3 Å². The van der Waals surface area contributed by atoms with Crippen LogP contribution in [-0.2, 0) is 0 Å². The van der Waals surface area contributed by atoms with Crippen molar-refractivity contribution in [3.8, 4) is 0 Å². The molecule has 1 aromatic carbocycles. The van der Waals surface area contributed by atoms with E-state index in [0.29, 0.717) is 6.04 Å². The van der Waals surface area contributed by atoms with Crippen molar-refractivity contribution in [2.75, 3.05) is 25.0 Å². The summed E-state index contributed by atoms with van der Waals surface area (Å²) < 4.78 is 0. The molecule has 1 aliphatic carbocycles. The average Bonchev–Trinajstić information content (AvgIpc) is 2.47. The van der Waals surface area contributed by atoms with Crippen molar-refractivity contribution < 1.29 is 0 Å². The quantitative estimate of drug-likeness (QED) is 0.878. The fourth-order valence-electron chi connectivity index (χ4n) is 4.12. The van der Waals surface area contributed by atoms with Gasteiger partial charge in [0.05, 0.1) is 0 Å². The van der Waals surface area contributed by atoms with Gasteiger partial charge in [-0.2, -0.15) is 0 Å². The molecule has 1 N–H and O–H groups in total. The minimum atomic E-state index is 0.654. The third-order valence-corrected chi connectivity index (χ3v) is 5.32. The first-order valence-electron chi connectivity index (χ1n) is 8.54. The highest BCUT2D eigenvalue weighted by atomic mass is 15.1. The molecule has 118 valence electrons. The summed E-state index contributed by atoms with van der Waals surface area (Å²) in [5.41, 5.74) is 2.79. The molecular weight excluding hydrogens is 256 g/mol. The molecule has 1 saturated carbocycles. The predicted molar refractivity (Wildman–Crippen MR) is 93.0 cm³/mol. The highest BCUT2D eigenvalue weighted by molar-refractivity contribution is 5.52. The van der Waals surface area contributed by atoms with Crippen molar-refractivity contribution in [3.63, 3.8) is 0 Å². The maximum absolute atomic E-state index is 3.58. The molecule has 1 aliphatic rings. The van der Waals surface area contributed by atoms with Crippen LogP contribution in [0.1, 0.15) is 39.2 Å². The highest BCUT2D eigenvalue weighted by Crippen LogP contribution is 2.35. The first kappa shape index (κ1) is 16.4. The summed E-state index contributed by atoms with van der Waals surface area (Å²) in [6.45, 7) is 11.6. The van der Waals surface area contributed by atoms with Gasteiger partial charge in [-0.1, -0.05) is 32.0 Å². The van der Waals surface area contributed by atoms with E-state index in [4.69, 9.17) is 0 Å². The second kappa shape index (κ2) is 7.31. The number of rotatable bonds is 5. The van der Waals surface area contributed by atoms with E-state index in [1.807, 2.05) is 0 Å². The summed E-state index contributed by atoms with van der Waals surface area (Å²) in [5.74, 6) is 2.39. The van der Waals surface area contributed by atoms with Crippen LogP contribution in [0.4, 0.5) is 5.69 Å². The molecule has 2 heteroatoms. The van der Waals surface area contributed by atoms with Gasteiger partial charge in [0, 0.05) is 24.8 Å². The number of aryl methyl sites for hydroxylation is 1. The molecule has 2 rings (SSSR count). The number of hydrogen-bond donors (Lipinski definition) is 1. The second-order valence-corrected chi connectivity index (χ2v) is 6.94. The van der Waals surface area contributed by atoms with E-state index in [1.165, 1.54) is 30.6 Å². The Labute approximate surface area is 130 Å². The second-order valence-electron chi connectivity index (χ2n) is 6.94. The lowest BCUT2D eigenvalue weighted by atomic mass is 9.72. The molecule has 0 saturated heterocycles. The van der Waals surface area contributed by atoms with E-state index in [9.17, 15) is 0 Å². The molecule has 4 unspecified atom stereocenters. The lowest BCUT2D eigenvalue weighted by Gasteiger charge is -2.42. The minimum absolute atomic E-state index is 0.654. The maximum Gasteiger partial charge on any atom is 0.0395 e. The van der Waals surface area contributed by atoms with Gasteiger partial charge >= 0.3 is 0 Å². The van der Waals surface area contributed by atoms with Crippen molar-refractivity contribution in [3.05, 3.63) is 29.8 Å². The fraction of sp³-hybridized carbons (Fsp3) is 0.684. The number of nitrogens with zero attached hydrogens (tertiary/aromatic N) is 1. The Bertz CT molecular complexity index is 443. The van der Waals surface area contributed by atoms with Crippen LogP contribution in [0.25, 0.3) is 0 Å². The molecule has 1 fully saturated rings. The zero-order valence-electron chi connectivity index (χ0n) is 14.4.